The molecule has 0 amide bonds. The highest BCUT2D eigenvalue weighted by Gasteiger charge is 2.34. The van der Waals surface area contributed by atoms with Crippen LogP contribution in [0.4, 0.5) is 0 Å². The lowest BCUT2D eigenvalue weighted by Gasteiger charge is -2.42. The molecular formula is C18H30N2O. The van der Waals surface area contributed by atoms with E-state index in [1.807, 2.05) is 0 Å². The lowest BCUT2D eigenvalue weighted by Crippen LogP contribution is -2.55. The van der Waals surface area contributed by atoms with E-state index in [0.717, 1.165) is 31.7 Å². The summed E-state index contributed by atoms with van der Waals surface area (Å²) in [6.07, 6.45) is 2.27. The second kappa shape index (κ2) is 6.80. The van der Waals surface area contributed by atoms with E-state index >= 15 is 0 Å². The van der Waals surface area contributed by atoms with Gasteiger partial charge in [0.15, 0.2) is 0 Å². The maximum Gasteiger partial charge on any atom is 0.122 e. The predicted molar refractivity (Wildman–Crippen MR) is 89.1 cm³/mol. The molecule has 0 aliphatic carbocycles. The minimum absolute atomic E-state index is 0.128. The smallest absolute Gasteiger partial charge is 0.122 e. The van der Waals surface area contributed by atoms with Gasteiger partial charge in [-0.05, 0) is 64.9 Å². The van der Waals surface area contributed by atoms with Crippen molar-refractivity contribution in [2.75, 3.05) is 27.2 Å². The monoisotopic (exact) mass is 290 g/mol. The average molecular weight is 290 g/mol. The van der Waals surface area contributed by atoms with Crippen molar-refractivity contribution in [2.45, 2.75) is 51.1 Å². The van der Waals surface area contributed by atoms with E-state index in [-0.39, 0.29) is 5.54 Å². The molecule has 0 bridgehead atoms. The van der Waals surface area contributed by atoms with Crippen molar-refractivity contribution in [1.82, 2.24) is 10.2 Å². The molecule has 1 aliphatic heterocycles. The van der Waals surface area contributed by atoms with Crippen LogP contribution in [-0.2, 0) is 0 Å². The Hall–Kier alpha value is -1.06. The molecule has 0 spiro atoms. The van der Waals surface area contributed by atoms with Crippen molar-refractivity contribution in [3.8, 4) is 5.75 Å². The summed E-state index contributed by atoms with van der Waals surface area (Å²) in [5.41, 5.74) is 1.50. The number of ether oxygens (including phenoxy) is 1. The van der Waals surface area contributed by atoms with Crippen molar-refractivity contribution >= 4 is 0 Å². The van der Waals surface area contributed by atoms with Gasteiger partial charge in [-0.2, -0.15) is 0 Å². The van der Waals surface area contributed by atoms with Gasteiger partial charge in [0, 0.05) is 11.6 Å². The Morgan fingerprint density at radius 2 is 2.05 bits per heavy atom. The molecule has 1 aromatic rings. The zero-order chi connectivity index (χ0) is 15.5. The zero-order valence-corrected chi connectivity index (χ0v) is 14.1. The van der Waals surface area contributed by atoms with Crippen molar-refractivity contribution in [3.05, 3.63) is 29.8 Å². The second-order valence-electron chi connectivity index (χ2n) is 6.77. The van der Waals surface area contributed by atoms with E-state index < -0.39 is 0 Å². The molecule has 118 valence electrons. The van der Waals surface area contributed by atoms with E-state index in [1.165, 1.54) is 5.56 Å². The van der Waals surface area contributed by atoms with Gasteiger partial charge in [0.25, 0.3) is 0 Å². The standard InChI is InChI=1S/C18H30N2O/c1-6-19-17(18(2,3)20(4)5)13-14-11-12-21-16-10-8-7-9-15(14)16/h7-10,14,17,19H,6,11-13H2,1-5H3. The zero-order valence-electron chi connectivity index (χ0n) is 14.1. The Bertz CT molecular complexity index is 456. The Morgan fingerprint density at radius 3 is 2.71 bits per heavy atom. The fraction of sp³-hybridized carbons (Fsp3) is 0.667. The predicted octanol–water partition coefficient (Wildman–Crippen LogP) is 3.26. The molecular weight excluding hydrogens is 260 g/mol. The number of para-hydroxylation sites is 1. The SMILES string of the molecule is CCNC(CC1CCOc2ccccc21)C(C)(C)N(C)C. The molecule has 2 rings (SSSR count). The summed E-state index contributed by atoms with van der Waals surface area (Å²) < 4.78 is 5.80. The van der Waals surface area contributed by atoms with Crippen LogP contribution in [0, 0.1) is 0 Å². The van der Waals surface area contributed by atoms with Gasteiger partial charge in [-0.15, -0.1) is 0 Å². The summed E-state index contributed by atoms with van der Waals surface area (Å²) in [5, 5.41) is 3.70. The first-order chi connectivity index (χ1) is 9.96. The maximum absolute atomic E-state index is 5.80. The first-order valence-electron chi connectivity index (χ1n) is 8.09. The number of nitrogens with zero attached hydrogens (tertiary/aromatic N) is 1. The number of nitrogens with one attached hydrogen (secondary N) is 1. The number of hydrogen-bond acceptors (Lipinski definition) is 3. The Morgan fingerprint density at radius 1 is 1.33 bits per heavy atom. The van der Waals surface area contributed by atoms with E-state index in [9.17, 15) is 0 Å². The quantitative estimate of drug-likeness (QED) is 0.870. The lowest BCUT2D eigenvalue weighted by atomic mass is 9.81. The van der Waals surface area contributed by atoms with Gasteiger partial charge in [-0.3, -0.25) is 0 Å². The van der Waals surface area contributed by atoms with Gasteiger partial charge in [-0.25, -0.2) is 0 Å². The first-order valence-corrected chi connectivity index (χ1v) is 8.09. The summed E-state index contributed by atoms with van der Waals surface area (Å²) in [7, 11) is 4.34. The van der Waals surface area contributed by atoms with Gasteiger partial charge < -0.3 is 15.0 Å². The van der Waals surface area contributed by atoms with E-state index in [2.05, 4.69) is 69.3 Å². The first kappa shape index (κ1) is 16.3. The number of likely N-dealkylation sites (N-methyl/N-ethyl adjacent to an activating group) is 2. The highest BCUT2D eigenvalue weighted by Crippen LogP contribution is 2.37. The average Bonchev–Trinajstić information content (AvgIpc) is 2.47. The topological polar surface area (TPSA) is 24.5 Å². The van der Waals surface area contributed by atoms with Crippen molar-refractivity contribution in [2.24, 2.45) is 0 Å². The van der Waals surface area contributed by atoms with E-state index in [1.54, 1.807) is 0 Å². The molecule has 0 aromatic heterocycles. The third-order valence-electron chi connectivity index (χ3n) is 5.06. The van der Waals surface area contributed by atoms with Crippen molar-refractivity contribution < 1.29 is 4.74 Å². The lowest BCUT2D eigenvalue weighted by molar-refractivity contribution is 0.123. The Labute approximate surface area is 129 Å². The maximum atomic E-state index is 5.80. The van der Waals surface area contributed by atoms with E-state index in [0.29, 0.717) is 12.0 Å². The van der Waals surface area contributed by atoms with Crippen LogP contribution >= 0.6 is 0 Å². The fourth-order valence-electron chi connectivity index (χ4n) is 3.12. The van der Waals surface area contributed by atoms with Gasteiger partial charge in [0.2, 0.25) is 0 Å². The van der Waals surface area contributed by atoms with Crippen LogP contribution in [0.2, 0.25) is 0 Å². The molecule has 21 heavy (non-hydrogen) atoms. The van der Waals surface area contributed by atoms with Gasteiger partial charge >= 0.3 is 0 Å². The molecule has 1 aromatic carbocycles. The molecule has 1 N–H and O–H groups in total. The van der Waals surface area contributed by atoms with Crippen LogP contribution in [0.5, 0.6) is 5.75 Å². The summed E-state index contributed by atoms with van der Waals surface area (Å²) in [6, 6.07) is 8.98. The third-order valence-corrected chi connectivity index (χ3v) is 5.06. The van der Waals surface area contributed by atoms with Crippen molar-refractivity contribution in [1.29, 1.82) is 0 Å². The normalized spacial score (nSPS) is 20.0. The van der Waals surface area contributed by atoms with Gasteiger partial charge in [0.05, 0.1) is 6.61 Å². The van der Waals surface area contributed by atoms with Crippen LogP contribution in [0.1, 0.15) is 45.1 Å². The van der Waals surface area contributed by atoms with Gasteiger partial charge in [-0.1, -0.05) is 25.1 Å². The minimum Gasteiger partial charge on any atom is -0.493 e. The molecule has 0 radical (unpaired) electrons. The molecule has 0 saturated carbocycles. The fourth-order valence-corrected chi connectivity index (χ4v) is 3.12. The molecule has 2 unspecified atom stereocenters. The summed E-state index contributed by atoms with van der Waals surface area (Å²) >= 11 is 0. The Kier molecular flexibility index (Phi) is 5.28. The number of rotatable bonds is 6. The highest BCUT2D eigenvalue weighted by molar-refractivity contribution is 5.37. The van der Waals surface area contributed by atoms with Crippen LogP contribution in [0.15, 0.2) is 24.3 Å². The van der Waals surface area contributed by atoms with Crippen LogP contribution in [0.25, 0.3) is 0 Å². The number of benzene rings is 1. The second-order valence-corrected chi connectivity index (χ2v) is 6.77. The van der Waals surface area contributed by atoms with Gasteiger partial charge in [0.1, 0.15) is 5.75 Å². The van der Waals surface area contributed by atoms with Crippen molar-refractivity contribution in [3.63, 3.8) is 0 Å². The molecule has 3 nitrogen and oxygen atoms in total. The molecule has 0 saturated heterocycles. The highest BCUT2D eigenvalue weighted by atomic mass is 16.5. The van der Waals surface area contributed by atoms with Crippen LogP contribution in [0.3, 0.4) is 0 Å². The summed E-state index contributed by atoms with van der Waals surface area (Å²) in [5.74, 6) is 1.66. The third kappa shape index (κ3) is 3.58. The Balaban J connectivity index is 2.18. The molecule has 0 fully saturated rings. The molecule has 2 atom stereocenters. The summed E-state index contributed by atoms with van der Waals surface area (Å²) in [6.45, 7) is 8.68. The largest absolute Gasteiger partial charge is 0.493 e. The van der Waals surface area contributed by atoms with E-state index in [4.69, 9.17) is 4.74 Å². The van der Waals surface area contributed by atoms with Crippen LogP contribution < -0.4 is 10.1 Å². The van der Waals surface area contributed by atoms with Crippen LogP contribution in [-0.4, -0.2) is 43.7 Å². The number of fused-ring (bicyclic) bond motifs is 1. The molecule has 1 aliphatic rings. The minimum atomic E-state index is 0.128. The molecule has 1 heterocycles. The summed E-state index contributed by atoms with van der Waals surface area (Å²) in [4.78, 5) is 2.32. The molecule has 3 heteroatoms. The number of hydrogen-bond donors (Lipinski definition) is 1.